The zero-order valence-electron chi connectivity index (χ0n) is 11.8. The van der Waals surface area contributed by atoms with E-state index in [0.717, 1.165) is 29.3 Å². The second kappa shape index (κ2) is 6.39. The first-order valence-corrected chi connectivity index (χ1v) is 6.77. The van der Waals surface area contributed by atoms with Gasteiger partial charge in [0, 0.05) is 5.56 Å². The van der Waals surface area contributed by atoms with Gasteiger partial charge >= 0.3 is 0 Å². The molecule has 0 radical (unpaired) electrons. The summed E-state index contributed by atoms with van der Waals surface area (Å²) in [6.45, 7) is 2.77. The molecule has 3 N–H and O–H groups in total. The van der Waals surface area contributed by atoms with Crippen LogP contribution in [0.2, 0.25) is 0 Å². The van der Waals surface area contributed by atoms with Crippen molar-refractivity contribution in [2.75, 3.05) is 13.7 Å². The molecule has 4 nitrogen and oxygen atoms in total. The number of nitrogens with two attached hydrogens (primary N) is 1. The van der Waals surface area contributed by atoms with Gasteiger partial charge in [0.1, 0.15) is 11.8 Å². The lowest BCUT2D eigenvalue weighted by molar-refractivity contribution is -0.120. The standard InChI is InChI=1S/C16H20N2O2/c1-3-10-18-15(16(17)19)14-12-7-5-4-6-11(12)8-9-13(14)20-2/h4-9,15,18H,3,10H2,1-2H3,(H2,17,19). The summed E-state index contributed by atoms with van der Waals surface area (Å²) < 4.78 is 5.42. The van der Waals surface area contributed by atoms with Gasteiger partial charge in [0.2, 0.25) is 5.91 Å². The second-order valence-corrected chi connectivity index (χ2v) is 4.69. The van der Waals surface area contributed by atoms with Crippen LogP contribution in [-0.4, -0.2) is 19.6 Å². The van der Waals surface area contributed by atoms with Gasteiger partial charge < -0.3 is 15.8 Å². The van der Waals surface area contributed by atoms with E-state index in [1.807, 2.05) is 43.3 Å². The van der Waals surface area contributed by atoms with E-state index < -0.39 is 11.9 Å². The number of benzene rings is 2. The summed E-state index contributed by atoms with van der Waals surface area (Å²) in [5.74, 6) is 0.282. The van der Waals surface area contributed by atoms with E-state index in [1.165, 1.54) is 0 Å². The molecule has 0 heterocycles. The molecule has 0 saturated carbocycles. The normalized spacial score (nSPS) is 12.3. The Morgan fingerprint density at radius 3 is 2.70 bits per heavy atom. The molecule has 2 aromatic rings. The van der Waals surface area contributed by atoms with E-state index in [-0.39, 0.29) is 0 Å². The highest BCUT2D eigenvalue weighted by molar-refractivity contribution is 5.94. The monoisotopic (exact) mass is 272 g/mol. The number of fused-ring (bicyclic) bond motifs is 1. The number of amides is 1. The molecule has 0 aliphatic rings. The number of nitrogens with one attached hydrogen (secondary N) is 1. The van der Waals surface area contributed by atoms with Crippen molar-refractivity contribution in [2.45, 2.75) is 19.4 Å². The zero-order valence-corrected chi connectivity index (χ0v) is 11.8. The van der Waals surface area contributed by atoms with Crippen LogP contribution in [0, 0.1) is 0 Å². The molecule has 0 fully saturated rings. The van der Waals surface area contributed by atoms with Crippen molar-refractivity contribution >= 4 is 16.7 Å². The van der Waals surface area contributed by atoms with Crippen molar-refractivity contribution in [3.8, 4) is 5.75 Å². The fourth-order valence-electron chi connectivity index (χ4n) is 2.38. The van der Waals surface area contributed by atoms with Gasteiger partial charge in [0.25, 0.3) is 0 Å². The number of hydrogen-bond acceptors (Lipinski definition) is 3. The van der Waals surface area contributed by atoms with Gasteiger partial charge in [-0.25, -0.2) is 0 Å². The Hall–Kier alpha value is -2.07. The summed E-state index contributed by atoms with van der Waals surface area (Å²) in [4.78, 5) is 11.8. The summed E-state index contributed by atoms with van der Waals surface area (Å²) in [5.41, 5.74) is 6.38. The third-order valence-electron chi connectivity index (χ3n) is 3.32. The minimum absolute atomic E-state index is 0.395. The lowest BCUT2D eigenvalue weighted by Crippen LogP contribution is -2.34. The van der Waals surface area contributed by atoms with Crippen molar-refractivity contribution < 1.29 is 9.53 Å². The number of primary amides is 1. The maximum atomic E-state index is 11.8. The average Bonchev–Trinajstić information content (AvgIpc) is 2.47. The van der Waals surface area contributed by atoms with Gasteiger partial charge in [-0.3, -0.25) is 4.79 Å². The Balaban J connectivity index is 2.61. The molecule has 1 amide bonds. The van der Waals surface area contributed by atoms with Crippen LogP contribution in [0.5, 0.6) is 5.75 Å². The van der Waals surface area contributed by atoms with Crippen LogP contribution in [0.15, 0.2) is 36.4 Å². The highest BCUT2D eigenvalue weighted by Crippen LogP contribution is 2.33. The molecule has 2 aromatic carbocycles. The summed E-state index contributed by atoms with van der Waals surface area (Å²) in [6, 6.07) is 11.2. The Labute approximate surface area is 118 Å². The van der Waals surface area contributed by atoms with E-state index in [0.29, 0.717) is 5.75 Å². The van der Waals surface area contributed by atoms with Gasteiger partial charge in [-0.2, -0.15) is 0 Å². The van der Waals surface area contributed by atoms with E-state index in [1.54, 1.807) is 7.11 Å². The molecule has 0 spiro atoms. The first kappa shape index (κ1) is 14.3. The quantitative estimate of drug-likeness (QED) is 0.848. The predicted molar refractivity (Wildman–Crippen MR) is 80.7 cm³/mol. The fraction of sp³-hybridized carbons (Fsp3) is 0.312. The third-order valence-corrected chi connectivity index (χ3v) is 3.32. The minimum atomic E-state index is -0.545. The molecule has 20 heavy (non-hydrogen) atoms. The number of carbonyl (C=O) groups excluding carboxylic acids is 1. The molecule has 1 atom stereocenters. The van der Waals surface area contributed by atoms with E-state index in [9.17, 15) is 4.79 Å². The number of hydrogen-bond donors (Lipinski definition) is 2. The molecule has 4 heteroatoms. The van der Waals surface area contributed by atoms with Gasteiger partial charge in [0.15, 0.2) is 0 Å². The summed E-state index contributed by atoms with van der Waals surface area (Å²) >= 11 is 0. The van der Waals surface area contributed by atoms with E-state index >= 15 is 0 Å². The Bertz CT molecular complexity index is 610. The fourth-order valence-corrected chi connectivity index (χ4v) is 2.38. The summed E-state index contributed by atoms with van der Waals surface area (Å²) in [5, 5.41) is 5.25. The molecule has 0 aliphatic heterocycles. The molecule has 0 aliphatic carbocycles. The number of methoxy groups -OCH3 is 1. The maximum Gasteiger partial charge on any atom is 0.239 e. The minimum Gasteiger partial charge on any atom is -0.496 e. The third kappa shape index (κ3) is 2.75. The van der Waals surface area contributed by atoms with E-state index in [2.05, 4.69) is 5.32 Å². The van der Waals surface area contributed by atoms with Crippen LogP contribution in [-0.2, 0) is 4.79 Å². The molecular formula is C16H20N2O2. The number of ether oxygens (including phenoxy) is 1. The lowest BCUT2D eigenvalue weighted by Gasteiger charge is -2.20. The summed E-state index contributed by atoms with van der Waals surface area (Å²) in [6.07, 6.45) is 0.927. The van der Waals surface area contributed by atoms with Crippen LogP contribution in [0.3, 0.4) is 0 Å². The van der Waals surface area contributed by atoms with Crippen LogP contribution in [0.4, 0.5) is 0 Å². The van der Waals surface area contributed by atoms with Crippen molar-refractivity contribution in [2.24, 2.45) is 5.73 Å². The topological polar surface area (TPSA) is 64.3 Å². The molecule has 0 saturated heterocycles. The first-order chi connectivity index (χ1) is 9.69. The molecule has 2 rings (SSSR count). The lowest BCUT2D eigenvalue weighted by atomic mass is 9.97. The second-order valence-electron chi connectivity index (χ2n) is 4.69. The smallest absolute Gasteiger partial charge is 0.239 e. The molecular weight excluding hydrogens is 252 g/mol. The van der Waals surface area contributed by atoms with Crippen LogP contribution >= 0.6 is 0 Å². The Morgan fingerprint density at radius 2 is 2.05 bits per heavy atom. The largest absolute Gasteiger partial charge is 0.496 e. The summed E-state index contributed by atoms with van der Waals surface area (Å²) in [7, 11) is 1.60. The number of carbonyl (C=O) groups is 1. The molecule has 106 valence electrons. The Kier molecular flexibility index (Phi) is 4.58. The highest BCUT2D eigenvalue weighted by atomic mass is 16.5. The number of rotatable bonds is 6. The highest BCUT2D eigenvalue weighted by Gasteiger charge is 2.23. The molecule has 0 bridgehead atoms. The van der Waals surface area contributed by atoms with Crippen LogP contribution in [0.25, 0.3) is 10.8 Å². The predicted octanol–water partition coefficient (Wildman–Crippen LogP) is 2.37. The van der Waals surface area contributed by atoms with Crippen LogP contribution in [0.1, 0.15) is 24.9 Å². The van der Waals surface area contributed by atoms with Gasteiger partial charge in [-0.15, -0.1) is 0 Å². The maximum absolute atomic E-state index is 11.8. The first-order valence-electron chi connectivity index (χ1n) is 6.77. The zero-order chi connectivity index (χ0) is 14.5. The van der Waals surface area contributed by atoms with Gasteiger partial charge in [0.05, 0.1) is 7.11 Å². The average molecular weight is 272 g/mol. The van der Waals surface area contributed by atoms with Crippen molar-refractivity contribution in [1.29, 1.82) is 0 Å². The van der Waals surface area contributed by atoms with Crippen molar-refractivity contribution in [1.82, 2.24) is 5.32 Å². The van der Waals surface area contributed by atoms with Gasteiger partial charge in [-0.05, 0) is 29.8 Å². The van der Waals surface area contributed by atoms with Crippen LogP contribution < -0.4 is 15.8 Å². The van der Waals surface area contributed by atoms with E-state index in [4.69, 9.17) is 10.5 Å². The molecule has 0 aromatic heterocycles. The molecule has 1 unspecified atom stereocenters. The van der Waals surface area contributed by atoms with Crippen molar-refractivity contribution in [3.63, 3.8) is 0 Å². The van der Waals surface area contributed by atoms with Gasteiger partial charge in [-0.1, -0.05) is 37.3 Å². The Morgan fingerprint density at radius 1 is 1.30 bits per heavy atom. The SMILES string of the molecule is CCCNC(C(N)=O)c1c(OC)ccc2ccccc12. The van der Waals surface area contributed by atoms with Crippen molar-refractivity contribution in [3.05, 3.63) is 42.0 Å².